The van der Waals surface area contributed by atoms with Crippen LogP contribution < -0.4 is 20.1 Å². The summed E-state index contributed by atoms with van der Waals surface area (Å²) in [6.45, 7) is 6.61. The summed E-state index contributed by atoms with van der Waals surface area (Å²) in [7, 11) is 0. The summed E-state index contributed by atoms with van der Waals surface area (Å²) in [5.74, 6) is -0.390. The van der Waals surface area contributed by atoms with Gasteiger partial charge in [0, 0.05) is 17.4 Å². The number of anilines is 2. The highest BCUT2D eigenvalue weighted by Crippen LogP contribution is 2.30. The molecular formula is C19H22N2O4. The van der Waals surface area contributed by atoms with Crippen LogP contribution in [-0.4, -0.2) is 25.0 Å². The maximum atomic E-state index is 12.1. The van der Waals surface area contributed by atoms with Gasteiger partial charge in [-0.15, -0.1) is 0 Å². The van der Waals surface area contributed by atoms with Gasteiger partial charge in [-0.05, 0) is 50.6 Å². The number of ether oxygens (including phenoxy) is 2. The zero-order chi connectivity index (χ0) is 18.2. The Hall–Kier alpha value is -3.02. The minimum Gasteiger partial charge on any atom is -0.490 e. The second kappa shape index (κ2) is 8.73. The maximum absolute atomic E-state index is 12.1. The van der Waals surface area contributed by atoms with Gasteiger partial charge in [0.15, 0.2) is 11.5 Å². The number of nitrogens with one attached hydrogen (secondary N) is 2. The lowest BCUT2D eigenvalue weighted by Crippen LogP contribution is -2.29. The van der Waals surface area contributed by atoms with Gasteiger partial charge in [-0.3, -0.25) is 9.59 Å². The zero-order valence-electron chi connectivity index (χ0n) is 14.6. The number of hydrogen-bond acceptors (Lipinski definition) is 4. The summed E-state index contributed by atoms with van der Waals surface area (Å²) >= 11 is 0. The minimum absolute atomic E-state index is 0.455. The van der Waals surface area contributed by atoms with E-state index in [1.807, 2.05) is 32.9 Å². The molecule has 132 valence electrons. The molecule has 6 nitrogen and oxygen atoms in total. The van der Waals surface area contributed by atoms with E-state index in [9.17, 15) is 9.59 Å². The number of carbonyl (C=O) groups excluding carboxylic acids is 2. The molecule has 0 unspecified atom stereocenters. The number of hydrogen-bond donors (Lipinski definition) is 2. The third-order valence-electron chi connectivity index (χ3n) is 3.28. The Morgan fingerprint density at radius 3 is 2.04 bits per heavy atom. The molecule has 0 bridgehead atoms. The van der Waals surface area contributed by atoms with E-state index < -0.39 is 11.8 Å². The van der Waals surface area contributed by atoms with Crippen molar-refractivity contribution in [2.75, 3.05) is 23.8 Å². The number of aryl methyl sites for hydroxylation is 1. The molecule has 0 aliphatic rings. The molecule has 2 aromatic carbocycles. The Bertz CT molecular complexity index is 759. The first-order chi connectivity index (χ1) is 12.0. The van der Waals surface area contributed by atoms with Gasteiger partial charge in [0.05, 0.1) is 13.2 Å². The summed E-state index contributed by atoms with van der Waals surface area (Å²) in [5, 5.41) is 5.13. The van der Waals surface area contributed by atoms with Crippen LogP contribution >= 0.6 is 0 Å². The van der Waals surface area contributed by atoms with Crippen LogP contribution in [0.3, 0.4) is 0 Å². The van der Waals surface area contributed by atoms with Crippen LogP contribution in [0.2, 0.25) is 0 Å². The van der Waals surface area contributed by atoms with Crippen molar-refractivity contribution in [2.45, 2.75) is 20.8 Å². The fourth-order valence-electron chi connectivity index (χ4n) is 2.23. The Morgan fingerprint density at radius 2 is 1.44 bits per heavy atom. The van der Waals surface area contributed by atoms with Crippen molar-refractivity contribution in [2.24, 2.45) is 0 Å². The lowest BCUT2D eigenvalue weighted by Gasteiger charge is -2.13. The predicted octanol–water partition coefficient (Wildman–Crippen LogP) is 3.37. The molecule has 2 amide bonds. The molecule has 0 atom stereocenters. The topological polar surface area (TPSA) is 76.7 Å². The van der Waals surface area contributed by atoms with E-state index in [1.54, 1.807) is 30.3 Å². The first kappa shape index (κ1) is 18.3. The lowest BCUT2D eigenvalue weighted by atomic mass is 10.2. The highest BCUT2D eigenvalue weighted by molar-refractivity contribution is 6.43. The Balaban J connectivity index is 2.06. The van der Waals surface area contributed by atoms with E-state index >= 15 is 0 Å². The molecule has 0 aromatic heterocycles. The quantitative estimate of drug-likeness (QED) is 0.789. The molecule has 0 spiro atoms. The summed E-state index contributed by atoms with van der Waals surface area (Å²) in [6, 6.07) is 12.2. The lowest BCUT2D eigenvalue weighted by molar-refractivity contribution is -0.133. The molecule has 2 N–H and O–H groups in total. The second-order valence-electron chi connectivity index (χ2n) is 5.31. The molecule has 25 heavy (non-hydrogen) atoms. The molecule has 2 rings (SSSR count). The molecule has 0 saturated carbocycles. The van der Waals surface area contributed by atoms with Crippen LogP contribution in [0, 0.1) is 6.92 Å². The SMILES string of the molecule is CCOc1ccc(NC(=O)C(=O)Nc2cccc(C)c2)cc1OCC. The van der Waals surface area contributed by atoms with Crippen LogP contribution in [0.5, 0.6) is 11.5 Å². The molecule has 0 aliphatic carbocycles. The molecule has 6 heteroatoms. The van der Waals surface area contributed by atoms with Crippen molar-refractivity contribution < 1.29 is 19.1 Å². The van der Waals surface area contributed by atoms with Crippen LogP contribution in [0.15, 0.2) is 42.5 Å². The largest absolute Gasteiger partial charge is 0.490 e. The summed E-state index contributed by atoms with van der Waals surface area (Å²) < 4.78 is 11.0. The Kier molecular flexibility index (Phi) is 6.39. The fraction of sp³-hybridized carbons (Fsp3) is 0.263. The van der Waals surface area contributed by atoms with E-state index in [4.69, 9.17) is 9.47 Å². The highest BCUT2D eigenvalue weighted by atomic mass is 16.5. The normalized spacial score (nSPS) is 10.0. The number of benzene rings is 2. The van der Waals surface area contributed by atoms with Gasteiger partial charge in [0.2, 0.25) is 0 Å². The van der Waals surface area contributed by atoms with Crippen molar-refractivity contribution >= 4 is 23.2 Å². The van der Waals surface area contributed by atoms with Crippen LogP contribution in [0.1, 0.15) is 19.4 Å². The van der Waals surface area contributed by atoms with E-state index in [1.165, 1.54) is 0 Å². The van der Waals surface area contributed by atoms with Crippen molar-refractivity contribution in [1.82, 2.24) is 0 Å². The molecule has 0 fully saturated rings. The van der Waals surface area contributed by atoms with Crippen molar-refractivity contribution in [3.05, 3.63) is 48.0 Å². The van der Waals surface area contributed by atoms with Crippen LogP contribution in [0.25, 0.3) is 0 Å². The first-order valence-corrected chi connectivity index (χ1v) is 8.12. The van der Waals surface area contributed by atoms with E-state index in [0.29, 0.717) is 36.1 Å². The van der Waals surface area contributed by atoms with E-state index in [0.717, 1.165) is 5.56 Å². The van der Waals surface area contributed by atoms with Gasteiger partial charge in [-0.2, -0.15) is 0 Å². The molecule has 0 saturated heterocycles. The average Bonchev–Trinajstić information content (AvgIpc) is 2.57. The summed E-state index contributed by atoms with van der Waals surface area (Å²) in [5.41, 5.74) is 2.02. The summed E-state index contributed by atoms with van der Waals surface area (Å²) in [4.78, 5) is 24.1. The Labute approximate surface area is 147 Å². The van der Waals surface area contributed by atoms with Gasteiger partial charge in [0.25, 0.3) is 0 Å². The van der Waals surface area contributed by atoms with Crippen molar-refractivity contribution in [3.63, 3.8) is 0 Å². The van der Waals surface area contributed by atoms with Gasteiger partial charge >= 0.3 is 11.8 Å². The van der Waals surface area contributed by atoms with Crippen molar-refractivity contribution in [3.8, 4) is 11.5 Å². The minimum atomic E-state index is -0.756. The third kappa shape index (κ3) is 5.24. The second-order valence-corrected chi connectivity index (χ2v) is 5.31. The maximum Gasteiger partial charge on any atom is 0.314 e. The smallest absolute Gasteiger partial charge is 0.314 e. The number of carbonyl (C=O) groups is 2. The molecular weight excluding hydrogens is 320 g/mol. The Morgan fingerprint density at radius 1 is 0.840 bits per heavy atom. The van der Waals surface area contributed by atoms with Gasteiger partial charge in [-0.1, -0.05) is 12.1 Å². The monoisotopic (exact) mass is 342 g/mol. The van der Waals surface area contributed by atoms with Gasteiger partial charge in [-0.25, -0.2) is 0 Å². The first-order valence-electron chi connectivity index (χ1n) is 8.12. The van der Waals surface area contributed by atoms with Gasteiger partial charge in [0.1, 0.15) is 0 Å². The number of rotatable bonds is 6. The molecule has 2 aromatic rings. The van der Waals surface area contributed by atoms with Crippen LogP contribution in [-0.2, 0) is 9.59 Å². The molecule has 0 radical (unpaired) electrons. The standard InChI is InChI=1S/C19H22N2O4/c1-4-24-16-10-9-15(12-17(16)25-5-2)21-19(23)18(22)20-14-8-6-7-13(3)11-14/h6-12H,4-5H2,1-3H3,(H,20,22)(H,21,23). The van der Waals surface area contributed by atoms with Crippen molar-refractivity contribution in [1.29, 1.82) is 0 Å². The van der Waals surface area contributed by atoms with Crippen LogP contribution in [0.4, 0.5) is 11.4 Å². The predicted molar refractivity (Wildman–Crippen MR) is 97.2 cm³/mol. The van der Waals surface area contributed by atoms with Gasteiger partial charge < -0.3 is 20.1 Å². The van der Waals surface area contributed by atoms with E-state index in [2.05, 4.69) is 10.6 Å². The number of amides is 2. The third-order valence-corrected chi connectivity index (χ3v) is 3.28. The summed E-state index contributed by atoms with van der Waals surface area (Å²) in [6.07, 6.45) is 0. The van der Waals surface area contributed by atoms with E-state index in [-0.39, 0.29) is 0 Å². The fourth-order valence-corrected chi connectivity index (χ4v) is 2.23. The molecule has 0 heterocycles. The average molecular weight is 342 g/mol. The zero-order valence-corrected chi connectivity index (χ0v) is 14.6. The highest BCUT2D eigenvalue weighted by Gasteiger charge is 2.15. The molecule has 0 aliphatic heterocycles.